The zero-order valence-electron chi connectivity index (χ0n) is 10.0. The van der Waals surface area contributed by atoms with Gasteiger partial charge in [-0.2, -0.15) is 0 Å². The summed E-state index contributed by atoms with van der Waals surface area (Å²) in [6.45, 7) is 3.15. The number of benzene rings is 1. The van der Waals surface area contributed by atoms with Gasteiger partial charge < -0.3 is 19.9 Å². The van der Waals surface area contributed by atoms with Crippen molar-refractivity contribution < 1.29 is 14.6 Å². The first-order chi connectivity index (χ1) is 8.77. The molecule has 2 aliphatic rings. The van der Waals surface area contributed by atoms with Crippen molar-refractivity contribution in [1.29, 1.82) is 0 Å². The van der Waals surface area contributed by atoms with Crippen LogP contribution in [-0.2, 0) is 0 Å². The third-order valence-electron chi connectivity index (χ3n) is 3.47. The zero-order valence-corrected chi connectivity index (χ0v) is 11.6. The average Bonchev–Trinajstić information content (AvgIpc) is 2.78. The van der Waals surface area contributed by atoms with E-state index >= 15 is 0 Å². The number of hydrogen-bond acceptors (Lipinski definition) is 4. The number of phenolic OH excluding ortho intramolecular Hbond substituents is 1. The van der Waals surface area contributed by atoms with Crippen LogP contribution in [0.15, 0.2) is 10.5 Å². The standard InChI is InChI=1S/C13H16BrNO3/c14-9-6-10-13(18-5-1-4-17-10)11(12(9)16)8-2-3-15-7-8/h6,8,15-16H,1-5,7H2. The summed E-state index contributed by atoms with van der Waals surface area (Å²) in [7, 11) is 0. The molecule has 0 amide bonds. The molecule has 1 atom stereocenters. The molecule has 1 aromatic carbocycles. The summed E-state index contributed by atoms with van der Waals surface area (Å²) in [5.41, 5.74) is 0.881. The maximum absolute atomic E-state index is 10.3. The molecule has 2 aliphatic heterocycles. The fourth-order valence-corrected chi connectivity index (χ4v) is 2.99. The predicted octanol–water partition coefficient (Wildman–Crippen LogP) is 2.39. The van der Waals surface area contributed by atoms with Gasteiger partial charge in [-0.15, -0.1) is 0 Å². The van der Waals surface area contributed by atoms with Crippen LogP contribution >= 0.6 is 15.9 Å². The van der Waals surface area contributed by atoms with Crippen molar-refractivity contribution >= 4 is 15.9 Å². The van der Waals surface area contributed by atoms with Crippen LogP contribution in [0.1, 0.15) is 24.3 Å². The second kappa shape index (κ2) is 4.97. The van der Waals surface area contributed by atoms with Gasteiger partial charge in [0.15, 0.2) is 11.5 Å². The summed E-state index contributed by atoms with van der Waals surface area (Å²) in [4.78, 5) is 0. The minimum Gasteiger partial charge on any atom is -0.506 e. The first kappa shape index (κ1) is 12.1. The maximum atomic E-state index is 10.3. The summed E-state index contributed by atoms with van der Waals surface area (Å²) in [6, 6.07) is 1.79. The van der Waals surface area contributed by atoms with Crippen LogP contribution in [0.25, 0.3) is 0 Å². The van der Waals surface area contributed by atoms with Gasteiger partial charge in [0.05, 0.1) is 17.7 Å². The first-order valence-corrected chi connectivity index (χ1v) is 7.08. The summed E-state index contributed by atoms with van der Waals surface area (Å²) < 4.78 is 12.2. The second-order valence-electron chi connectivity index (χ2n) is 4.69. The number of ether oxygens (including phenoxy) is 2. The van der Waals surface area contributed by atoms with Gasteiger partial charge in [-0.05, 0) is 28.9 Å². The highest BCUT2D eigenvalue weighted by atomic mass is 79.9. The highest BCUT2D eigenvalue weighted by molar-refractivity contribution is 9.10. The van der Waals surface area contributed by atoms with Crippen molar-refractivity contribution in [3.63, 3.8) is 0 Å². The summed E-state index contributed by atoms with van der Waals surface area (Å²) >= 11 is 3.39. The van der Waals surface area contributed by atoms with Gasteiger partial charge in [0.1, 0.15) is 5.75 Å². The normalized spacial score (nSPS) is 22.8. The molecule has 0 radical (unpaired) electrons. The Kier molecular flexibility index (Phi) is 3.35. The lowest BCUT2D eigenvalue weighted by molar-refractivity contribution is 0.295. The number of rotatable bonds is 1. The van der Waals surface area contributed by atoms with Gasteiger partial charge in [-0.1, -0.05) is 0 Å². The van der Waals surface area contributed by atoms with Crippen molar-refractivity contribution in [2.24, 2.45) is 0 Å². The lowest BCUT2D eigenvalue weighted by Crippen LogP contribution is -2.09. The maximum Gasteiger partial charge on any atom is 0.168 e. The molecule has 4 nitrogen and oxygen atoms in total. The molecule has 3 rings (SSSR count). The van der Waals surface area contributed by atoms with Crippen LogP contribution in [-0.4, -0.2) is 31.4 Å². The minimum atomic E-state index is 0.285. The minimum absolute atomic E-state index is 0.285. The van der Waals surface area contributed by atoms with Crippen LogP contribution in [0.2, 0.25) is 0 Å². The Bertz CT molecular complexity index is 458. The molecule has 1 fully saturated rings. The first-order valence-electron chi connectivity index (χ1n) is 6.29. The Balaban J connectivity index is 2.11. The Morgan fingerprint density at radius 2 is 2.17 bits per heavy atom. The van der Waals surface area contributed by atoms with Gasteiger partial charge in [0.2, 0.25) is 0 Å². The second-order valence-corrected chi connectivity index (χ2v) is 5.54. The van der Waals surface area contributed by atoms with Crippen LogP contribution in [0, 0.1) is 0 Å². The third kappa shape index (κ3) is 2.06. The molecule has 1 unspecified atom stereocenters. The van der Waals surface area contributed by atoms with Crippen molar-refractivity contribution in [3.8, 4) is 17.2 Å². The fourth-order valence-electron chi connectivity index (χ4n) is 2.57. The summed E-state index contributed by atoms with van der Waals surface area (Å²) in [5.74, 6) is 2.03. The molecule has 0 spiro atoms. The molecule has 5 heteroatoms. The van der Waals surface area contributed by atoms with E-state index < -0.39 is 0 Å². The Morgan fingerprint density at radius 1 is 1.33 bits per heavy atom. The van der Waals surface area contributed by atoms with E-state index in [0.29, 0.717) is 17.7 Å². The molecular formula is C13H16BrNO3. The lowest BCUT2D eigenvalue weighted by Gasteiger charge is -2.19. The average molecular weight is 314 g/mol. The molecule has 0 saturated carbocycles. The zero-order chi connectivity index (χ0) is 12.5. The van der Waals surface area contributed by atoms with E-state index in [2.05, 4.69) is 21.2 Å². The SMILES string of the molecule is Oc1c(Br)cc2c(c1C1CCNC1)OCCCO2. The van der Waals surface area contributed by atoms with Gasteiger partial charge >= 0.3 is 0 Å². The molecular weight excluding hydrogens is 298 g/mol. The number of nitrogens with one attached hydrogen (secondary N) is 1. The van der Waals surface area contributed by atoms with Crippen LogP contribution in [0.5, 0.6) is 17.2 Å². The van der Waals surface area contributed by atoms with E-state index in [-0.39, 0.29) is 11.7 Å². The van der Waals surface area contributed by atoms with E-state index in [1.54, 1.807) is 6.07 Å². The fraction of sp³-hybridized carbons (Fsp3) is 0.538. The van der Waals surface area contributed by atoms with E-state index in [0.717, 1.165) is 43.0 Å². The molecule has 18 heavy (non-hydrogen) atoms. The van der Waals surface area contributed by atoms with Crippen molar-refractivity contribution in [2.75, 3.05) is 26.3 Å². The van der Waals surface area contributed by atoms with E-state index in [9.17, 15) is 5.11 Å². The highest BCUT2D eigenvalue weighted by Gasteiger charge is 2.29. The number of phenols is 1. The number of aromatic hydroxyl groups is 1. The Morgan fingerprint density at radius 3 is 2.94 bits per heavy atom. The van der Waals surface area contributed by atoms with Gasteiger partial charge in [-0.25, -0.2) is 0 Å². The summed E-state index contributed by atoms with van der Waals surface area (Å²) in [5, 5.41) is 13.6. The number of fused-ring (bicyclic) bond motifs is 1. The molecule has 2 heterocycles. The number of halogens is 1. The van der Waals surface area contributed by atoms with Crippen LogP contribution in [0.3, 0.4) is 0 Å². The van der Waals surface area contributed by atoms with Crippen LogP contribution < -0.4 is 14.8 Å². The van der Waals surface area contributed by atoms with Crippen molar-refractivity contribution in [2.45, 2.75) is 18.8 Å². The van der Waals surface area contributed by atoms with Crippen molar-refractivity contribution in [1.82, 2.24) is 5.32 Å². The van der Waals surface area contributed by atoms with E-state index in [1.165, 1.54) is 0 Å². The van der Waals surface area contributed by atoms with E-state index in [4.69, 9.17) is 9.47 Å². The monoisotopic (exact) mass is 313 g/mol. The van der Waals surface area contributed by atoms with Gasteiger partial charge in [-0.3, -0.25) is 0 Å². The van der Waals surface area contributed by atoms with E-state index in [1.807, 2.05) is 0 Å². The largest absolute Gasteiger partial charge is 0.506 e. The molecule has 2 N–H and O–H groups in total. The predicted molar refractivity (Wildman–Crippen MR) is 71.6 cm³/mol. The highest BCUT2D eigenvalue weighted by Crippen LogP contribution is 2.48. The quantitative estimate of drug-likeness (QED) is 0.836. The number of hydrogen-bond donors (Lipinski definition) is 2. The molecule has 0 aromatic heterocycles. The topological polar surface area (TPSA) is 50.7 Å². The smallest absolute Gasteiger partial charge is 0.168 e. The molecule has 98 valence electrons. The van der Waals surface area contributed by atoms with Crippen molar-refractivity contribution in [3.05, 3.63) is 16.1 Å². The lowest BCUT2D eigenvalue weighted by atomic mass is 9.96. The van der Waals surface area contributed by atoms with Gasteiger partial charge in [0.25, 0.3) is 0 Å². The molecule has 0 bridgehead atoms. The Labute approximate surface area is 114 Å². The van der Waals surface area contributed by atoms with Crippen LogP contribution in [0.4, 0.5) is 0 Å². The Hall–Kier alpha value is -0.940. The molecule has 1 saturated heterocycles. The molecule has 1 aromatic rings. The third-order valence-corrected chi connectivity index (χ3v) is 4.07. The van der Waals surface area contributed by atoms with Gasteiger partial charge in [0, 0.05) is 30.5 Å². The molecule has 0 aliphatic carbocycles. The summed E-state index contributed by atoms with van der Waals surface area (Å²) in [6.07, 6.45) is 1.88.